The van der Waals surface area contributed by atoms with Gasteiger partial charge in [-0.3, -0.25) is 0 Å². The summed E-state index contributed by atoms with van der Waals surface area (Å²) in [5, 5.41) is 9.88. The van der Waals surface area contributed by atoms with E-state index >= 15 is 0 Å². The number of fused-ring (bicyclic) bond motifs is 1. The second kappa shape index (κ2) is 3.47. The van der Waals surface area contributed by atoms with Crippen LogP contribution in [0, 0.1) is 5.82 Å². The first-order valence-corrected chi connectivity index (χ1v) is 4.74. The van der Waals surface area contributed by atoms with Gasteiger partial charge in [-0.2, -0.15) is 0 Å². The molecule has 0 aliphatic carbocycles. The Balaban J connectivity index is 2.58. The third-order valence-corrected chi connectivity index (χ3v) is 2.33. The molecule has 1 heterocycles. The molecular formula is C11H13FO3. The molecule has 0 spiro atoms. The molecule has 0 amide bonds. The smallest absolute Gasteiger partial charge is 0.189 e. The molecule has 1 aliphatic rings. The van der Waals surface area contributed by atoms with Crippen molar-refractivity contribution in [1.29, 1.82) is 0 Å². The summed E-state index contributed by atoms with van der Waals surface area (Å²) < 4.78 is 23.6. The third-order valence-electron chi connectivity index (χ3n) is 2.33. The first kappa shape index (κ1) is 10.4. The van der Waals surface area contributed by atoms with E-state index < -0.39 is 5.60 Å². The van der Waals surface area contributed by atoms with Crippen LogP contribution < -0.4 is 4.74 Å². The van der Waals surface area contributed by atoms with Crippen molar-refractivity contribution >= 4 is 0 Å². The molecular weight excluding hydrogens is 199 g/mol. The minimum Gasteiger partial charge on any atom is -0.467 e. The lowest BCUT2D eigenvalue weighted by atomic mass is 9.94. The lowest BCUT2D eigenvalue weighted by Gasteiger charge is -2.26. The highest BCUT2D eigenvalue weighted by molar-refractivity contribution is 5.45. The average Bonchev–Trinajstić information content (AvgIpc) is 2.15. The summed E-state index contributed by atoms with van der Waals surface area (Å²) in [7, 11) is 0. The maximum absolute atomic E-state index is 13.3. The summed E-state index contributed by atoms with van der Waals surface area (Å²) in [6.07, 6.45) is 0. The van der Waals surface area contributed by atoms with Crippen LogP contribution in [0.15, 0.2) is 12.1 Å². The van der Waals surface area contributed by atoms with Gasteiger partial charge in [-0.15, -0.1) is 0 Å². The standard InChI is InChI=1S/C11H13FO3/c1-11(2,13)9-4-8(12)3-7-5-14-6-15-10(7)9/h3-4,13H,5-6H2,1-2H3. The Labute approximate surface area is 87.4 Å². The molecule has 4 heteroatoms. The van der Waals surface area contributed by atoms with Crippen LogP contribution in [0.25, 0.3) is 0 Å². The number of hydrogen-bond acceptors (Lipinski definition) is 3. The maximum atomic E-state index is 13.3. The van der Waals surface area contributed by atoms with Gasteiger partial charge in [0.1, 0.15) is 11.6 Å². The van der Waals surface area contributed by atoms with E-state index in [1.54, 1.807) is 13.8 Å². The van der Waals surface area contributed by atoms with E-state index in [0.717, 1.165) is 0 Å². The van der Waals surface area contributed by atoms with Crippen molar-refractivity contribution in [2.24, 2.45) is 0 Å². The molecule has 0 atom stereocenters. The Bertz CT molecular complexity index is 382. The second-order valence-electron chi connectivity index (χ2n) is 4.11. The highest BCUT2D eigenvalue weighted by Gasteiger charge is 2.26. The Kier molecular flexibility index (Phi) is 2.40. The van der Waals surface area contributed by atoms with E-state index in [-0.39, 0.29) is 12.6 Å². The Morgan fingerprint density at radius 1 is 1.40 bits per heavy atom. The third kappa shape index (κ3) is 1.96. The topological polar surface area (TPSA) is 38.7 Å². The Morgan fingerprint density at radius 2 is 2.13 bits per heavy atom. The first-order chi connectivity index (χ1) is 6.98. The Hall–Kier alpha value is -1.13. The molecule has 1 N–H and O–H groups in total. The van der Waals surface area contributed by atoms with Crippen LogP contribution in [-0.2, 0) is 16.9 Å². The fraction of sp³-hybridized carbons (Fsp3) is 0.455. The van der Waals surface area contributed by atoms with Crippen molar-refractivity contribution in [3.63, 3.8) is 0 Å². The minimum atomic E-state index is -1.12. The largest absolute Gasteiger partial charge is 0.467 e. The number of rotatable bonds is 1. The van der Waals surface area contributed by atoms with Gasteiger partial charge in [0, 0.05) is 11.1 Å². The summed E-state index contributed by atoms with van der Waals surface area (Å²) in [6, 6.07) is 2.66. The van der Waals surface area contributed by atoms with Gasteiger partial charge in [-0.25, -0.2) is 4.39 Å². The SMILES string of the molecule is CC(C)(O)c1cc(F)cc2c1OCOC2. The molecule has 0 fully saturated rings. The number of halogens is 1. The number of hydrogen-bond donors (Lipinski definition) is 1. The zero-order valence-corrected chi connectivity index (χ0v) is 8.71. The normalized spacial score (nSPS) is 15.7. The van der Waals surface area contributed by atoms with E-state index in [0.29, 0.717) is 23.5 Å². The summed E-state index contributed by atoms with van der Waals surface area (Å²) in [5.41, 5.74) is -0.0250. The molecule has 2 rings (SSSR count). The maximum Gasteiger partial charge on any atom is 0.189 e. The van der Waals surface area contributed by atoms with Crippen LogP contribution in [0.1, 0.15) is 25.0 Å². The molecule has 1 aliphatic heterocycles. The predicted molar refractivity (Wildman–Crippen MR) is 51.9 cm³/mol. The monoisotopic (exact) mass is 212 g/mol. The van der Waals surface area contributed by atoms with Crippen LogP contribution in [0.4, 0.5) is 4.39 Å². The Morgan fingerprint density at radius 3 is 2.80 bits per heavy atom. The van der Waals surface area contributed by atoms with E-state index in [1.165, 1.54) is 12.1 Å². The van der Waals surface area contributed by atoms with Crippen LogP contribution in [0.3, 0.4) is 0 Å². The second-order valence-corrected chi connectivity index (χ2v) is 4.11. The number of benzene rings is 1. The van der Waals surface area contributed by atoms with Crippen molar-refractivity contribution in [1.82, 2.24) is 0 Å². The van der Waals surface area contributed by atoms with E-state index in [2.05, 4.69) is 0 Å². The van der Waals surface area contributed by atoms with Crippen LogP contribution in [-0.4, -0.2) is 11.9 Å². The number of aliphatic hydroxyl groups is 1. The lowest BCUT2D eigenvalue weighted by molar-refractivity contribution is -0.0215. The summed E-state index contributed by atoms with van der Waals surface area (Å²) >= 11 is 0. The summed E-state index contributed by atoms with van der Waals surface area (Å²) in [5.74, 6) is 0.148. The van der Waals surface area contributed by atoms with Crippen molar-refractivity contribution in [2.75, 3.05) is 6.79 Å². The van der Waals surface area contributed by atoms with Crippen molar-refractivity contribution in [2.45, 2.75) is 26.1 Å². The molecule has 0 unspecified atom stereocenters. The van der Waals surface area contributed by atoms with Gasteiger partial charge in [-0.1, -0.05) is 0 Å². The zero-order valence-electron chi connectivity index (χ0n) is 8.71. The fourth-order valence-corrected chi connectivity index (χ4v) is 1.63. The molecule has 0 saturated carbocycles. The quantitative estimate of drug-likeness (QED) is 0.773. The zero-order chi connectivity index (χ0) is 11.1. The number of ether oxygens (including phenoxy) is 2. The van der Waals surface area contributed by atoms with E-state index in [9.17, 15) is 9.50 Å². The molecule has 0 bridgehead atoms. The molecule has 1 aromatic carbocycles. The molecule has 0 aromatic heterocycles. The summed E-state index contributed by atoms with van der Waals surface area (Å²) in [6.45, 7) is 3.65. The van der Waals surface area contributed by atoms with E-state index in [1.807, 2.05) is 0 Å². The molecule has 0 radical (unpaired) electrons. The van der Waals surface area contributed by atoms with E-state index in [4.69, 9.17) is 9.47 Å². The van der Waals surface area contributed by atoms with Gasteiger partial charge in [0.2, 0.25) is 0 Å². The van der Waals surface area contributed by atoms with Gasteiger partial charge in [0.25, 0.3) is 0 Å². The molecule has 82 valence electrons. The molecule has 15 heavy (non-hydrogen) atoms. The first-order valence-electron chi connectivity index (χ1n) is 4.74. The van der Waals surface area contributed by atoms with Gasteiger partial charge >= 0.3 is 0 Å². The van der Waals surface area contributed by atoms with Crippen molar-refractivity contribution in [3.05, 3.63) is 29.1 Å². The molecule has 3 nitrogen and oxygen atoms in total. The fourth-order valence-electron chi connectivity index (χ4n) is 1.63. The van der Waals surface area contributed by atoms with Crippen LogP contribution in [0.2, 0.25) is 0 Å². The van der Waals surface area contributed by atoms with Crippen molar-refractivity contribution < 1.29 is 19.0 Å². The van der Waals surface area contributed by atoms with Crippen LogP contribution >= 0.6 is 0 Å². The van der Waals surface area contributed by atoms with Crippen molar-refractivity contribution in [3.8, 4) is 5.75 Å². The van der Waals surface area contributed by atoms with Crippen LogP contribution in [0.5, 0.6) is 5.75 Å². The van der Waals surface area contributed by atoms with Gasteiger partial charge in [-0.05, 0) is 26.0 Å². The predicted octanol–water partition coefficient (Wildman–Crippen LogP) is 1.92. The highest BCUT2D eigenvalue weighted by atomic mass is 19.1. The summed E-state index contributed by atoms with van der Waals surface area (Å²) in [4.78, 5) is 0. The van der Waals surface area contributed by atoms with Gasteiger partial charge in [0.05, 0.1) is 12.2 Å². The van der Waals surface area contributed by atoms with Gasteiger partial charge < -0.3 is 14.6 Å². The molecule has 1 aromatic rings. The molecule has 0 saturated heterocycles. The minimum absolute atomic E-state index is 0.141. The lowest BCUT2D eigenvalue weighted by Crippen LogP contribution is -2.21. The van der Waals surface area contributed by atoms with Gasteiger partial charge in [0.15, 0.2) is 6.79 Å². The average molecular weight is 212 g/mol. The highest BCUT2D eigenvalue weighted by Crippen LogP contribution is 2.35.